The predicted octanol–water partition coefficient (Wildman–Crippen LogP) is 0.352. The monoisotopic (exact) mass is 129 g/mol. The third-order valence-corrected chi connectivity index (χ3v) is 2.21. The highest BCUT2D eigenvalue weighted by atomic mass is 16.3. The Labute approximate surface area is 56.1 Å². The molecule has 1 aliphatic carbocycles. The van der Waals surface area contributed by atoms with E-state index in [9.17, 15) is 5.11 Å². The van der Waals surface area contributed by atoms with Crippen molar-refractivity contribution in [2.24, 2.45) is 17.6 Å². The van der Waals surface area contributed by atoms with Crippen LogP contribution in [-0.2, 0) is 0 Å². The zero-order valence-corrected chi connectivity index (χ0v) is 5.88. The fraction of sp³-hybridized carbons (Fsp3) is 1.00. The molecule has 0 aliphatic heterocycles. The smallest absolute Gasteiger partial charge is 0.0690 e. The minimum Gasteiger partial charge on any atom is -0.392 e. The van der Waals surface area contributed by atoms with Crippen LogP contribution in [0.4, 0.5) is 0 Å². The normalized spacial score (nSPS) is 25.7. The van der Waals surface area contributed by atoms with Crippen molar-refractivity contribution < 1.29 is 5.11 Å². The highest BCUT2D eigenvalue weighted by molar-refractivity contribution is 4.82. The number of aliphatic hydroxyl groups excluding tert-OH is 1. The van der Waals surface area contributed by atoms with Crippen molar-refractivity contribution in [1.82, 2.24) is 0 Å². The molecule has 0 spiro atoms. The van der Waals surface area contributed by atoms with Crippen molar-refractivity contribution >= 4 is 0 Å². The minimum absolute atomic E-state index is 0.266. The van der Waals surface area contributed by atoms with Crippen molar-refractivity contribution in [3.63, 3.8) is 0 Å². The molecule has 1 aliphatic rings. The molecule has 54 valence electrons. The molecule has 0 radical (unpaired) electrons. The fourth-order valence-corrected chi connectivity index (χ4v) is 1.15. The third-order valence-electron chi connectivity index (χ3n) is 2.21. The van der Waals surface area contributed by atoms with Crippen molar-refractivity contribution in [3.8, 4) is 0 Å². The molecule has 2 heteroatoms. The molecule has 0 aromatic rings. The van der Waals surface area contributed by atoms with Crippen LogP contribution in [0.25, 0.3) is 0 Å². The van der Waals surface area contributed by atoms with Gasteiger partial charge in [-0.15, -0.1) is 0 Å². The van der Waals surface area contributed by atoms with E-state index in [4.69, 9.17) is 5.73 Å². The largest absolute Gasteiger partial charge is 0.392 e. The summed E-state index contributed by atoms with van der Waals surface area (Å²) in [6.45, 7) is 2.49. The average molecular weight is 129 g/mol. The summed E-state index contributed by atoms with van der Waals surface area (Å²) in [5.74, 6) is 1.19. The maximum Gasteiger partial charge on any atom is 0.0690 e. The van der Waals surface area contributed by atoms with Gasteiger partial charge in [-0.05, 0) is 24.7 Å². The van der Waals surface area contributed by atoms with E-state index in [1.807, 2.05) is 0 Å². The van der Waals surface area contributed by atoms with Gasteiger partial charge in [0.1, 0.15) is 0 Å². The van der Waals surface area contributed by atoms with Crippen LogP contribution < -0.4 is 5.73 Å². The molecule has 0 heterocycles. The first kappa shape index (κ1) is 7.03. The molecule has 1 fully saturated rings. The number of nitrogens with two attached hydrogens (primary N) is 1. The molecule has 0 aromatic carbocycles. The van der Waals surface area contributed by atoms with Crippen LogP contribution in [0.3, 0.4) is 0 Å². The number of hydrogen-bond acceptors (Lipinski definition) is 2. The minimum atomic E-state index is -0.266. The van der Waals surface area contributed by atoms with Gasteiger partial charge in [0.2, 0.25) is 0 Å². The van der Waals surface area contributed by atoms with Crippen LogP contribution in [-0.4, -0.2) is 17.8 Å². The van der Waals surface area contributed by atoms with Crippen LogP contribution in [0.1, 0.15) is 19.8 Å². The molecule has 2 nitrogen and oxygen atoms in total. The number of rotatable bonds is 3. The molecule has 3 N–H and O–H groups in total. The van der Waals surface area contributed by atoms with Crippen molar-refractivity contribution in [2.45, 2.75) is 25.9 Å². The maximum absolute atomic E-state index is 9.21. The summed E-state index contributed by atoms with van der Waals surface area (Å²) >= 11 is 0. The zero-order chi connectivity index (χ0) is 6.85. The lowest BCUT2D eigenvalue weighted by molar-refractivity contribution is 0.113. The van der Waals surface area contributed by atoms with Gasteiger partial charge >= 0.3 is 0 Å². The van der Waals surface area contributed by atoms with Crippen LogP contribution in [0.5, 0.6) is 0 Å². The third kappa shape index (κ3) is 1.66. The molecular weight excluding hydrogens is 114 g/mol. The Bertz CT molecular complexity index is 90.9. The van der Waals surface area contributed by atoms with Gasteiger partial charge in [-0.3, -0.25) is 0 Å². The van der Waals surface area contributed by atoms with E-state index < -0.39 is 0 Å². The Balaban J connectivity index is 2.22. The Kier molecular flexibility index (Phi) is 2.09. The van der Waals surface area contributed by atoms with E-state index in [1.54, 1.807) is 0 Å². The summed E-state index contributed by atoms with van der Waals surface area (Å²) in [6, 6.07) is 0. The number of aliphatic hydroxyl groups is 1. The zero-order valence-electron chi connectivity index (χ0n) is 5.88. The van der Waals surface area contributed by atoms with Gasteiger partial charge in [-0.1, -0.05) is 6.92 Å². The standard InChI is InChI=1S/C7H15NO/c1-5(6-2-3-6)7(9)4-8/h5-7,9H,2-4,8H2,1H3. The van der Waals surface area contributed by atoms with Gasteiger partial charge in [-0.2, -0.15) is 0 Å². The predicted molar refractivity (Wildman–Crippen MR) is 36.9 cm³/mol. The first-order valence-corrected chi connectivity index (χ1v) is 3.64. The van der Waals surface area contributed by atoms with Gasteiger partial charge in [0.25, 0.3) is 0 Å². The van der Waals surface area contributed by atoms with Crippen LogP contribution in [0.2, 0.25) is 0 Å². The van der Waals surface area contributed by atoms with Gasteiger partial charge in [0, 0.05) is 6.54 Å². The summed E-state index contributed by atoms with van der Waals surface area (Å²) in [7, 11) is 0. The quantitative estimate of drug-likeness (QED) is 0.577. The highest BCUT2D eigenvalue weighted by Gasteiger charge is 2.31. The number of hydrogen-bond donors (Lipinski definition) is 2. The van der Waals surface area contributed by atoms with Crippen molar-refractivity contribution in [3.05, 3.63) is 0 Å². The molecule has 0 saturated heterocycles. The van der Waals surface area contributed by atoms with Gasteiger partial charge in [0.15, 0.2) is 0 Å². The summed E-state index contributed by atoms with van der Waals surface area (Å²) < 4.78 is 0. The van der Waals surface area contributed by atoms with Gasteiger partial charge in [0.05, 0.1) is 6.10 Å². The van der Waals surface area contributed by atoms with Gasteiger partial charge in [-0.25, -0.2) is 0 Å². The molecule has 9 heavy (non-hydrogen) atoms. The van der Waals surface area contributed by atoms with Crippen LogP contribution >= 0.6 is 0 Å². The SMILES string of the molecule is CC(C(O)CN)C1CC1. The Morgan fingerprint density at radius 3 is 2.56 bits per heavy atom. The molecule has 2 unspecified atom stereocenters. The van der Waals surface area contributed by atoms with E-state index in [1.165, 1.54) is 12.8 Å². The molecule has 0 aromatic heterocycles. The average Bonchev–Trinajstić information content (AvgIpc) is 2.66. The second kappa shape index (κ2) is 2.67. The summed E-state index contributed by atoms with van der Waals surface area (Å²) in [5.41, 5.74) is 5.29. The highest BCUT2D eigenvalue weighted by Crippen LogP contribution is 2.37. The van der Waals surface area contributed by atoms with E-state index >= 15 is 0 Å². The Morgan fingerprint density at radius 2 is 2.22 bits per heavy atom. The molecule has 1 saturated carbocycles. The van der Waals surface area contributed by atoms with Crippen molar-refractivity contribution in [1.29, 1.82) is 0 Å². The van der Waals surface area contributed by atoms with Gasteiger partial charge < -0.3 is 10.8 Å². The molecule has 1 rings (SSSR count). The second-order valence-electron chi connectivity index (χ2n) is 3.00. The second-order valence-corrected chi connectivity index (χ2v) is 3.00. The molecule has 0 amide bonds. The lowest BCUT2D eigenvalue weighted by Crippen LogP contribution is -2.28. The van der Waals surface area contributed by atoms with E-state index in [0.29, 0.717) is 12.5 Å². The van der Waals surface area contributed by atoms with Crippen molar-refractivity contribution in [2.75, 3.05) is 6.54 Å². The summed E-state index contributed by atoms with van der Waals surface area (Å²) in [6.07, 6.45) is 2.31. The molecule has 2 atom stereocenters. The fourth-order valence-electron chi connectivity index (χ4n) is 1.15. The topological polar surface area (TPSA) is 46.2 Å². The van der Waals surface area contributed by atoms with E-state index in [0.717, 1.165) is 5.92 Å². The lowest BCUT2D eigenvalue weighted by atomic mass is 10.00. The summed E-state index contributed by atoms with van der Waals surface area (Å²) in [5, 5.41) is 9.21. The Hall–Kier alpha value is -0.0800. The van der Waals surface area contributed by atoms with Crippen LogP contribution in [0, 0.1) is 11.8 Å². The Morgan fingerprint density at radius 1 is 1.67 bits per heavy atom. The van der Waals surface area contributed by atoms with E-state index in [-0.39, 0.29) is 6.10 Å². The first-order chi connectivity index (χ1) is 4.25. The molecule has 0 bridgehead atoms. The summed E-state index contributed by atoms with van der Waals surface area (Å²) in [4.78, 5) is 0. The molecular formula is C7H15NO. The lowest BCUT2D eigenvalue weighted by Gasteiger charge is -2.15. The maximum atomic E-state index is 9.21. The van der Waals surface area contributed by atoms with Crippen LogP contribution in [0.15, 0.2) is 0 Å². The first-order valence-electron chi connectivity index (χ1n) is 3.64. The van der Waals surface area contributed by atoms with E-state index in [2.05, 4.69) is 6.92 Å².